The highest BCUT2D eigenvalue weighted by Crippen LogP contribution is 2.34. The predicted molar refractivity (Wildman–Crippen MR) is 127 cm³/mol. The lowest BCUT2D eigenvalue weighted by atomic mass is 10.0. The highest BCUT2D eigenvalue weighted by molar-refractivity contribution is 7.59. The standard InChI is InChI=1S/C24H35N2O5P/c1-4-6-20(16-18-7-11-21(27)12-8-18)25-32(3,30)26-23(24(29)31-15-5-2)17-19-9-13-22(28)14-10-19/h7-14,20,23,27-28H,4-6,15-17H2,1-3H3,(H2,25,26,30). The van der Waals surface area contributed by atoms with Gasteiger partial charge in [-0.2, -0.15) is 0 Å². The predicted octanol–water partition coefficient (Wildman–Crippen LogP) is 4.38. The lowest BCUT2D eigenvalue weighted by Crippen LogP contribution is -2.42. The molecule has 2 aromatic carbocycles. The summed E-state index contributed by atoms with van der Waals surface area (Å²) in [6.07, 6.45) is 3.36. The fourth-order valence-corrected chi connectivity index (χ4v) is 5.30. The van der Waals surface area contributed by atoms with Crippen LogP contribution in [0.1, 0.15) is 44.2 Å². The van der Waals surface area contributed by atoms with Crippen LogP contribution in [0.15, 0.2) is 48.5 Å². The van der Waals surface area contributed by atoms with Gasteiger partial charge in [-0.15, -0.1) is 0 Å². The van der Waals surface area contributed by atoms with Crippen LogP contribution in [-0.2, 0) is 26.9 Å². The molecule has 0 aromatic heterocycles. The van der Waals surface area contributed by atoms with Crippen molar-refractivity contribution in [2.24, 2.45) is 0 Å². The van der Waals surface area contributed by atoms with Gasteiger partial charge in [-0.25, -0.2) is 5.09 Å². The maximum Gasteiger partial charge on any atom is 0.323 e. The summed E-state index contributed by atoms with van der Waals surface area (Å²) < 4.78 is 18.8. The van der Waals surface area contributed by atoms with Crippen molar-refractivity contribution in [1.29, 1.82) is 0 Å². The number of ether oxygens (including phenoxy) is 1. The maximum atomic E-state index is 13.5. The highest BCUT2D eigenvalue weighted by atomic mass is 31.2. The number of carbonyl (C=O) groups excluding carboxylic acids is 1. The van der Waals surface area contributed by atoms with Crippen LogP contribution in [-0.4, -0.2) is 41.5 Å². The van der Waals surface area contributed by atoms with Crippen molar-refractivity contribution >= 4 is 13.4 Å². The van der Waals surface area contributed by atoms with Gasteiger partial charge in [-0.1, -0.05) is 44.5 Å². The quantitative estimate of drug-likeness (QED) is 0.259. The second-order valence-corrected chi connectivity index (χ2v) is 10.5. The summed E-state index contributed by atoms with van der Waals surface area (Å²) in [5.74, 6) is -0.0973. The summed E-state index contributed by atoms with van der Waals surface area (Å²) in [4.78, 5) is 12.7. The molecule has 7 nitrogen and oxygen atoms in total. The summed E-state index contributed by atoms with van der Waals surface area (Å²) >= 11 is 0. The third kappa shape index (κ3) is 9.03. The fraction of sp³-hybridized carbons (Fsp3) is 0.458. The molecule has 3 atom stereocenters. The van der Waals surface area contributed by atoms with Crippen molar-refractivity contribution in [1.82, 2.24) is 10.2 Å². The number of phenolic OH excluding ortho intramolecular Hbond substituents is 2. The van der Waals surface area contributed by atoms with Crippen LogP contribution in [0.5, 0.6) is 11.5 Å². The van der Waals surface area contributed by atoms with Gasteiger partial charge in [-0.05, 0) is 61.1 Å². The monoisotopic (exact) mass is 462 g/mol. The summed E-state index contributed by atoms with van der Waals surface area (Å²) in [6.45, 7) is 5.87. The highest BCUT2D eigenvalue weighted by Gasteiger charge is 2.29. The number of carbonyl (C=O) groups is 1. The summed E-state index contributed by atoms with van der Waals surface area (Å²) in [5, 5.41) is 25.3. The number of nitrogens with one attached hydrogen (secondary N) is 2. The van der Waals surface area contributed by atoms with Crippen LogP contribution in [0.25, 0.3) is 0 Å². The van der Waals surface area contributed by atoms with Crippen LogP contribution in [0.2, 0.25) is 0 Å². The summed E-state index contributed by atoms with van der Waals surface area (Å²) in [7, 11) is -3.11. The molecule has 8 heteroatoms. The molecule has 2 rings (SSSR count). The Bertz CT molecular complexity index is 886. The first-order valence-electron chi connectivity index (χ1n) is 11.1. The molecule has 2 aromatic rings. The average Bonchev–Trinajstić information content (AvgIpc) is 2.74. The second-order valence-electron chi connectivity index (χ2n) is 8.13. The van der Waals surface area contributed by atoms with Gasteiger partial charge in [0.25, 0.3) is 0 Å². The molecule has 0 bridgehead atoms. The Balaban J connectivity index is 2.12. The zero-order valence-corrected chi connectivity index (χ0v) is 20.0. The Morgan fingerprint density at radius 1 is 0.906 bits per heavy atom. The Kier molecular flexibility index (Phi) is 10.2. The Labute approximate surface area is 190 Å². The Morgan fingerprint density at radius 3 is 1.94 bits per heavy atom. The molecule has 4 N–H and O–H groups in total. The fourth-order valence-electron chi connectivity index (χ4n) is 3.51. The van der Waals surface area contributed by atoms with Crippen molar-refractivity contribution in [2.45, 2.75) is 58.0 Å². The first kappa shape index (κ1) is 25.9. The zero-order valence-electron chi connectivity index (χ0n) is 19.1. The lowest BCUT2D eigenvalue weighted by Gasteiger charge is -2.27. The summed E-state index contributed by atoms with van der Waals surface area (Å²) in [5.41, 5.74) is 1.85. The van der Waals surface area contributed by atoms with E-state index in [9.17, 15) is 19.6 Å². The normalized spacial score (nSPS) is 15.0. The molecule has 0 heterocycles. The molecule has 176 valence electrons. The van der Waals surface area contributed by atoms with Crippen LogP contribution >= 0.6 is 7.44 Å². The molecule has 0 saturated heterocycles. The van der Waals surface area contributed by atoms with E-state index in [1.165, 1.54) is 0 Å². The number of phenols is 2. The topological polar surface area (TPSA) is 108 Å². The van der Waals surface area contributed by atoms with Gasteiger partial charge >= 0.3 is 5.97 Å². The first-order chi connectivity index (χ1) is 15.2. The number of benzene rings is 2. The van der Waals surface area contributed by atoms with E-state index in [2.05, 4.69) is 17.1 Å². The maximum absolute atomic E-state index is 13.5. The molecular formula is C24H35N2O5P. The molecule has 0 aliphatic rings. The number of rotatable bonds is 13. The third-order valence-electron chi connectivity index (χ3n) is 5.00. The van der Waals surface area contributed by atoms with Gasteiger partial charge in [-0.3, -0.25) is 14.4 Å². The van der Waals surface area contributed by atoms with Crippen LogP contribution in [0.4, 0.5) is 0 Å². The number of aromatic hydroxyl groups is 2. The largest absolute Gasteiger partial charge is 0.508 e. The van der Waals surface area contributed by atoms with Crippen molar-refractivity contribution < 1.29 is 24.3 Å². The van der Waals surface area contributed by atoms with Gasteiger partial charge in [0, 0.05) is 12.7 Å². The van der Waals surface area contributed by atoms with Gasteiger partial charge in [0.05, 0.1) is 6.61 Å². The Hall–Kier alpha value is -2.34. The Morgan fingerprint density at radius 2 is 1.44 bits per heavy atom. The molecule has 3 unspecified atom stereocenters. The number of hydrogen-bond acceptors (Lipinski definition) is 5. The summed E-state index contributed by atoms with van der Waals surface area (Å²) in [6, 6.07) is 12.7. The van der Waals surface area contributed by atoms with E-state index in [1.807, 2.05) is 19.1 Å². The van der Waals surface area contributed by atoms with E-state index >= 15 is 0 Å². The second kappa shape index (κ2) is 12.6. The van der Waals surface area contributed by atoms with Crippen LogP contribution in [0.3, 0.4) is 0 Å². The minimum absolute atomic E-state index is 0.0612. The third-order valence-corrected chi connectivity index (χ3v) is 6.66. The molecule has 0 aliphatic carbocycles. The zero-order chi connectivity index (χ0) is 23.6. The minimum atomic E-state index is -3.11. The van der Waals surface area contributed by atoms with Gasteiger partial charge in [0.1, 0.15) is 17.5 Å². The minimum Gasteiger partial charge on any atom is -0.508 e. The lowest BCUT2D eigenvalue weighted by molar-refractivity contribution is -0.145. The van der Waals surface area contributed by atoms with E-state index in [-0.39, 0.29) is 17.5 Å². The van der Waals surface area contributed by atoms with Gasteiger partial charge in [0.2, 0.25) is 7.44 Å². The molecular weight excluding hydrogens is 427 g/mol. The molecule has 0 radical (unpaired) electrons. The van der Waals surface area contributed by atoms with E-state index in [1.54, 1.807) is 43.1 Å². The van der Waals surface area contributed by atoms with Gasteiger partial charge in [0.15, 0.2) is 0 Å². The van der Waals surface area contributed by atoms with Crippen LogP contribution in [0, 0.1) is 0 Å². The molecule has 0 spiro atoms. The van der Waals surface area contributed by atoms with E-state index < -0.39 is 19.5 Å². The molecule has 0 amide bonds. The number of esters is 1. The van der Waals surface area contributed by atoms with Crippen molar-refractivity contribution in [3.63, 3.8) is 0 Å². The van der Waals surface area contributed by atoms with Crippen molar-refractivity contribution in [3.05, 3.63) is 59.7 Å². The molecule has 0 fully saturated rings. The van der Waals surface area contributed by atoms with E-state index in [0.29, 0.717) is 25.9 Å². The van der Waals surface area contributed by atoms with E-state index in [4.69, 9.17) is 4.74 Å². The smallest absolute Gasteiger partial charge is 0.323 e. The average molecular weight is 463 g/mol. The van der Waals surface area contributed by atoms with Crippen molar-refractivity contribution in [2.75, 3.05) is 13.3 Å². The number of hydrogen-bond donors (Lipinski definition) is 4. The van der Waals surface area contributed by atoms with Gasteiger partial charge < -0.3 is 14.9 Å². The first-order valence-corrected chi connectivity index (χ1v) is 13.2. The molecule has 0 saturated carbocycles. The van der Waals surface area contributed by atoms with Crippen molar-refractivity contribution in [3.8, 4) is 11.5 Å². The van der Waals surface area contributed by atoms with E-state index in [0.717, 1.165) is 24.0 Å². The SMILES string of the molecule is CCCOC(=O)C(Cc1ccc(O)cc1)NP(C)(=O)NC(CCC)Cc1ccc(O)cc1. The molecule has 0 aliphatic heterocycles. The molecule has 32 heavy (non-hydrogen) atoms. The van der Waals surface area contributed by atoms with Crippen LogP contribution < -0.4 is 10.2 Å².